The zero-order valence-electron chi connectivity index (χ0n) is 5.64. The molecule has 0 saturated heterocycles. The smallest absolute Gasteiger partial charge is 0.145 e. The lowest BCUT2D eigenvalue weighted by atomic mass is 10.1. The number of hydrogen-bond donors (Lipinski definition) is 0. The molecular formula is C8H5ClFN. The van der Waals surface area contributed by atoms with Gasteiger partial charge in [-0.2, -0.15) is 5.26 Å². The van der Waals surface area contributed by atoms with Crippen molar-refractivity contribution in [1.82, 2.24) is 0 Å². The Morgan fingerprint density at radius 2 is 2.27 bits per heavy atom. The lowest BCUT2D eigenvalue weighted by molar-refractivity contribution is 0.613. The highest BCUT2D eigenvalue weighted by molar-refractivity contribution is 6.17. The van der Waals surface area contributed by atoms with Crippen LogP contribution >= 0.6 is 11.6 Å². The first-order chi connectivity index (χ1) is 5.29. The van der Waals surface area contributed by atoms with Crippen molar-refractivity contribution in [3.8, 4) is 6.07 Å². The Bertz CT molecular complexity index is 303. The molecule has 0 saturated carbocycles. The average Bonchev–Trinajstić information content (AvgIpc) is 2.05. The highest BCUT2D eigenvalue weighted by Gasteiger charge is 2.04. The molecule has 0 heterocycles. The Labute approximate surface area is 69.0 Å². The summed E-state index contributed by atoms with van der Waals surface area (Å²) in [5.74, 6) is -0.411. The van der Waals surface area contributed by atoms with E-state index in [0.717, 1.165) is 0 Å². The van der Waals surface area contributed by atoms with Gasteiger partial charge in [0.1, 0.15) is 11.9 Å². The highest BCUT2D eigenvalue weighted by Crippen LogP contribution is 2.13. The second kappa shape index (κ2) is 3.36. The van der Waals surface area contributed by atoms with Gasteiger partial charge in [0.2, 0.25) is 0 Å². The van der Waals surface area contributed by atoms with Crippen LogP contribution in [0.3, 0.4) is 0 Å². The zero-order valence-corrected chi connectivity index (χ0v) is 6.40. The first-order valence-corrected chi connectivity index (χ1v) is 3.56. The summed E-state index contributed by atoms with van der Waals surface area (Å²) in [5, 5.41) is 8.41. The molecule has 0 atom stereocenters. The first-order valence-electron chi connectivity index (χ1n) is 3.03. The van der Waals surface area contributed by atoms with Crippen molar-refractivity contribution in [2.24, 2.45) is 0 Å². The molecule has 0 spiro atoms. The number of nitriles is 1. The van der Waals surface area contributed by atoms with Crippen LogP contribution in [-0.4, -0.2) is 0 Å². The number of halogens is 2. The summed E-state index contributed by atoms with van der Waals surface area (Å²) in [6, 6.07) is 6.33. The predicted molar refractivity (Wildman–Crippen MR) is 40.7 cm³/mol. The Hall–Kier alpha value is -1.07. The van der Waals surface area contributed by atoms with Crippen LogP contribution in [0.15, 0.2) is 18.2 Å². The molecule has 11 heavy (non-hydrogen) atoms. The van der Waals surface area contributed by atoms with Crippen molar-refractivity contribution in [1.29, 1.82) is 5.26 Å². The van der Waals surface area contributed by atoms with Crippen molar-refractivity contribution in [3.05, 3.63) is 35.1 Å². The molecule has 1 rings (SSSR count). The summed E-state index contributed by atoms with van der Waals surface area (Å²) in [4.78, 5) is 0. The molecule has 0 bridgehead atoms. The van der Waals surface area contributed by atoms with Crippen LogP contribution in [0, 0.1) is 17.1 Å². The van der Waals surface area contributed by atoms with Crippen molar-refractivity contribution in [2.75, 3.05) is 0 Å². The Morgan fingerprint density at radius 3 is 2.82 bits per heavy atom. The van der Waals surface area contributed by atoms with Gasteiger partial charge in [0.15, 0.2) is 0 Å². The molecule has 1 aromatic rings. The van der Waals surface area contributed by atoms with Gasteiger partial charge in [-0.25, -0.2) is 4.39 Å². The molecule has 1 nitrogen and oxygen atoms in total. The third-order valence-corrected chi connectivity index (χ3v) is 1.63. The molecule has 3 heteroatoms. The van der Waals surface area contributed by atoms with Crippen LogP contribution in [0.4, 0.5) is 4.39 Å². The Balaban J connectivity index is 3.23. The van der Waals surface area contributed by atoms with Crippen LogP contribution < -0.4 is 0 Å². The molecule has 0 aliphatic heterocycles. The monoisotopic (exact) mass is 169 g/mol. The van der Waals surface area contributed by atoms with Gasteiger partial charge in [-0.15, -0.1) is 11.6 Å². The van der Waals surface area contributed by atoms with Crippen molar-refractivity contribution >= 4 is 11.6 Å². The maximum absolute atomic E-state index is 13.0. The predicted octanol–water partition coefficient (Wildman–Crippen LogP) is 2.44. The highest BCUT2D eigenvalue weighted by atomic mass is 35.5. The fraction of sp³-hybridized carbons (Fsp3) is 0.125. The van der Waals surface area contributed by atoms with Crippen molar-refractivity contribution < 1.29 is 4.39 Å². The van der Waals surface area contributed by atoms with Gasteiger partial charge in [-0.05, 0) is 6.07 Å². The molecule has 0 fully saturated rings. The van der Waals surface area contributed by atoms with E-state index in [9.17, 15) is 4.39 Å². The third kappa shape index (κ3) is 1.50. The molecule has 1 aromatic carbocycles. The number of rotatable bonds is 1. The number of nitrogens with zero attached hydrogens (tertiary/aromatic N) is 1. The minimum Gasteiger partial charge on any atom is -0.205 e. The topological polar surface area (TPSA) is 23.8 Å². The summed E-state index contributed by atoms with van der Waals surface area (Å²) in [5.41, 5.74) is 0.411. The molecule has 0 aliphatic rings. The minimum atomic E-state index is -0.509. The summed E-state index contributed by atoms with van der Waals surface area (Å²) in [6.45, 7) is 0. The summed E-state index contributed by atoms with van der Waals surface area (Å²) >= 11 is 5.41. The Kier molecular flexibility index (Phi) is 2.45. The van der Waals surface area contributed by atoms with Gasteiger partial charge in [-0.3, -0.25) is 0 Å². The van der Waals surface area contributed by atoms with E-state index >= 15 is 0 Å². The second-order valence-electron chi connectivity index (χ2n) is 2.02. The lowest BCUT2D eigenvalue weighted by Gasteiger charge is -1.97. The van der Waals surface area contributed by atoms with Crippen LogP contribution in [0.1, 0.15) is 11.1 Å². The standard InChI is InChI=1S/C8H5ClFN/c9-4-6-2-1-3-7(5-11)8(6)10/h1-3H,4H2. The van der Waals surface area contributed by atoms with Gasteiger partial charge >= 0.3 is 0 Å². The fourth-order valence-electron chi connectivity index (χ4n) is 0.769. The van der Waals surface area contributed by atoms with E-state index in [4.69, 9.17) is 16.9 Å². The van der Waals surface area contributed by atoms with Gasteiger partial charge in [0.25, 0.3) is 0 Å². The van der Waals surface area contributed by atoms with Crippen LogP contribution in [0.2, 0.25) is 0 Å². The van der Waals surface area contributed by atoms with Crippen LogP contribution in [-0.2, 0) is 5.88 Å². The van der Waals surface area contributed by atoms with Gasteiger partial charge in [0.05, 0.1) is 11.4 Å². The zero-order chi connectivity index (χ0) is 8.27. The minimum absolute atomic E-state index is 0.0446. The largest absolute Gasteiger partial charge is 0.205 e. The third-order valence-electron chi connectivity index (χ3n) is 1.34. The van der Waals surface area contributed by atoms with E-state index in [1.54, 1.807) is 18.2 Å². The summed E-state index contributed by atoms with van der Waals surface area (Å²) < 4.78 is 13.0. The second-order valence-corrected chi connectivity index (χ2v) is 2.29. The Morgan fingerprint density at radius 1 is 1.55 bits per heavy atom. The number of hydrogen-bond acceptors (Lipinski definition) is 1. The maximum Gasteiger partial charge on any atom is 0.145 e. The average molecular weight is 170 g/mol. The SMILES string of the molecule is N#Cc1cccc(CCl)c1F. The van der Waals surface area contributed by atoms with Crippen LogP contribution in [0.25, 0.3) is 0 Å². The van der Waals surface area contributed by atoms with Crippen LogP contribution in [0.5, 0.6) is 0 Å². The van der Waals surface area contributed by atoms with E-state index < -0.39 is 5.82 Å². The van der Waals surface area contributed by atoms with E-state index in [0.29, 0.717) is 5.56 Å². The van der Waals surface area contributed by atoms with Crippen molar-refractivity contribution in [2.45, 2.75) is 5.88 Å². The van der Waals surface area contributed by atoms with Crippen molar-refractivity contribution in [3.63, 3.8) is 0 Å². The maximum atomic E-state index is 13.0. The number of alkyl halides is 1. The fourth-order valence-corrected chi connectivity index (χ4v) is 0.976. The summed E-state index contributed by atoms with van der Waals surface area (Å²) in [6.07, 6.45) is 0. The molecule has 0 aliphatic carbocycles. The summed E-state index contributed by atoms with van der Waals surface area (Å²) in [7, 11) is 0. The molecule has 0 aromatic heterocycles. The molecule has 0 N–H and O–H groups in total. The van der Waals surface area contributed by atoms with E-state index in [1.807, 2.05) is 0 Å². The van der Waals surface area contributed by atoms with Gasteiger partial charge in [-0.1, -0.05) is 12.1 Å². The van der Waals surface area contributed by atoms with E-state index in [1.165, 1.54) is 6.07 Å². The van der Waals surface area contributed by atoms with Gasteiger partial charge < -0.3 is 0 Å². The molecule has 56 valence electrons. The van der Waals surface area contributed by atoms with E-state index in [2.05, 4.69) is 0 Å². The first kappa shape index (κ1) is 8.03. The molecule has 0 unspecified atom stereocenters. The quantitative estimate of drug-likeness (QED) is 0.593. The van der Waals surface area contributed by atoms with E-state index in [-0.39, 0.29) is 11.4 Å². The normalized spacial score (nSPS) is 9.18. The lowest BCUT2D eigenvalue weighted by Crippen LogP contribution is -1.89. The molecular weight excluding hydrogens is 165 g/mol. The molecule has 0 amide bonds. The number of benzene rings is 1. The van der Waals surface area contributed by atoms with Gasteiger partial charge in [0, 0.05) is 5.56 Å². The molecule has 0 radical (unpaired) electrons.